The summed E-state index contributed by atoms with van der Waals surface area (Å²) < 4.78 is 0. The molecule has 0 saturated heterocycles. The molecule has 1 aliphatic rings. The first-order valence-corrected chi connectivity index (χ1v) is 3.85. The zero-order valence-corrected chi connectivity index (χ0v) is 7.35. The molecular weight excluding hydrogens is 155 g/mol. The Kier molecular flexibility index (Phi) is 1.57. The van der Waals surface area contributed by atoms with Crippen molar-refractivity contribution in [2.45, 2.75) is 25.6 Å². The molecule has 2 heteroatoms. The lowest BCUT2D eigenvalue weighted by Crippen LogP contribution is -2.09. The molecule has 0 bridgehead atoms. The lowest BCUT2D eigenvalue weighted by Gasteiger charge is -2.12. The second-order valence-corrected chi connectivity index (χ2v) is 3.85. The van der Waals surface area contributed by atoms with Gasteiger partial charge in [0.25, 0.3) is 0 Å². The summed E-state index contributed by atoms with van der Waals surface area (Å²) in [5.74, 6) is 0. The van der Waals surface area contributed by atoms with Gasteiger partial charge in [0.15, 0.2) is 0 Å². The smallest absolute Gasteiger partial charge is 0.104 e. The minimum Gasteiger partial charge on any atom is -0.104 e. The van der Waals surface area contributed by atoms with Crippen LogP contribution in [0.2, 0.25) is 0 Å². The fraction of sp³-hybridized carbons (Fsp3) is 0.714. The Hall–Kier alpha value is 0.320. The van der Waals surface area contributed by atoms with Gasteiger partial charge in [-0.25, -0.2) is 0 Å². The van der Waals surface area contributed by atoms with Gasteiger partial charge in [-0.1, -0.05) is 11.1 Å². The lowest BCUT2D eigenvalue weighted by atomic mass is 10.0. The molecule has 0 heterocycles. The molecule has 0 radical (unpaired) electrons. The molecule has 1 aliphatic carbocycles. The monoisotopic (exact) mass is 164 g/mol. The number of hydrogen-bond donors (Lipinski definition) is 0. The van der Waals surface area contributed by atoms with Crippen molar-refractivity contribution in [2.75, 3.05) is 0 Å². The van der Waals surface area contributed by atoms with E-state index >= 15 is 0 Å². The van der Waals surface area contributed by atoms with Gasteiger partial charge in [0.05, 0.1) is 0 Å². The highest BCUT2D eigenvalue weighted by Crippen LogP contribution is 2.56. The Labute approximate surface area is 65.8 Å². The van der Waals surface area contributed by atoms with Crippen LogP contribution in [0, 0.1) is 5.41 Å². The highest BCUT2D eigenvalue weighted by atomic mass is 35.5. The molecule has 0 amide bonds. The molecule has 9 heavy (non-hydrogen) atoms. The van der Waals surface area contributed by atoms with Crippen molar-refractivity contribution in [1.82, 2.24) is 0 Å². The highest BCUT2D eigenvalue weighted by Gasteiger charge is 2.48. The molecule has 0 atom stereocenters. The molecule has 0 aromatic heterocycles. The van der Waals surface area contributed by atoms with E-state index in [0.29, 0.717) is 0 Å². The minimum absolute atomic E-state index is 0.0309. The van der Waals surface area contributed by atoms with Crippen LogP contribution in [0.1, 0.15) is 20.8 Å². The van der Waals surface area contributed by atoms with E-state index in [1.807, 2.05) is 0 Å². The predicted octanol–water partition coefficient (Wildman–Crippen LogP) is 3.15. The summed E-state index contributed by atoms with van der Waals surface area (Å²) in [7, 11) is 0. The van der Waals surface area contributed by atoms with Crippen LogP contribution >= 0.6 is 23.2 Å². The van der Waals surface area contributed by atoms with Crippen molar-refractivity contribution in [3.8, 4) is 0 Å². The summed E-state index contributed by atoms with van der Waals surface area (Å²) in [5.41, 5.74) is 2.72. The summed E-state index contributed by atoms with van der Waals surface area (Å²) in [4.78, 5) is -0.266. The largest absolute Gasteiger partial charge is 0.120 e. The van der Waals surface area contributed by atoms with Crippen LogP contribution in [0.4, 0.5) is 0 Å². The predicted molar refractivity (Wildman–Crippen MR) is 42.0 cm³/mol. The fourth-order valence-corrected chi connectivity index (χ4v) is 1.72. The summed E-state index contributed by atoms with van der Waals surface area (Å²) in [6, 6.07) is 0. The Morgan fingerprint density at radius 3 is 1.56 bits per heavy atom. The second-order valence-electron chi connectivity index (χ2n) is 2.75. The first-order valence-electron chi connectivity index (χ1n) is 2.98. The molecule has 0 N–H and O–H groups in total. The van der Waals surface area contributed by atoms with E-state index in [4.69, 9.17) is 23.2 Å². The number of rotatable bonds is 1. The van der Waals surface area contributed by atoms with Crippen LogP contribution in [0.3, 0.4) is 0 Å². The van der Waals surface area contributed by atoms with Gasteiger partial charge in [-0.2, -0.15) is 0 Å². The lowest BCUT2D eigenvalue weighted by molar-refractivity contribution is 0.648. The van der Waals surface area contributed by atoms with Crippen LogP contribution in [-0.4, -0.2) is 4.84 Å². The Morgan fingerprint density at radius 2 is 1.56 bits per heavy atom. The van der Waals surface area contributed by atoms with Crippen LogP contribution < -0.4 is 0 Å². The Morgan fingerprint density at radius 1 is 1.22 bits per heavy atom. The van der Waals surface area contributed by atoms with Crippen LogP contribution in [0.25, 0.3) is 0 Å². The third kappa shape index (κ3) is 0.805. The molecule has 0 aliphatic heterocycles. The second kappa shape index (κ2) is 1.90. The van der Waals surface area contributed by atoms with Crippen LogP contribution in [0.15, 0.2) is 11.1 Å². The van der Waals surface area contributed by atoms with Gasteiger partial charge in [0.1, 0.15) is 4.84 Å². The maximum atomic E-state index is 5.73. The number of halogens is 2. The van der Waals surface area contributed by atoms with Crippen molar-refractivity contribution in [3.05, 3.63) is 11.1 Å². The standard InChI is InChI=1S/C7H10Cl2/c1-4-5(2)7(4,3)6(8)9/h6H,1-3H3. The highest BCUT2D eigenvalue weighted by molar-refractivity contribution is 6.45. The Balaban J connectivity index is 2.67. The quantitative estimate of drug-likeness (QED) is 0.413. The van der Waals surface area contributed by atoms with E-state index in [9.17, 15) is 0 Å². The summed E-state index contributed by atoms with van der Waals surface area (Å²) in [6.45, 7) is 6.22. The van der Waals surface area contributed by atoms with Gasteiger partial charge in [-0.15, -0.1) is 23.2 Å². The van der Waals surface area contributed by atoms with E-state index in [0.717, 1.165) is 0 Å². The molecule has 0 unspecified atom stereocenters. The minimum atomic E-state index is -0.266. The van der Waals surface area contributed by atoms with E-state index in [1.165, 1.54) is 11.1 Å². The van der Waals surface area contributed by atoms with E-state index < -0.39 is 0 Å². The van der Waals surface area contributed by atoms with Gasteiger partial charge in [-0.3, -0.25) is 0 Å². The van der Waals surface area contributed by atoms with Gasteiger partial charge in [0, 0.05) is 5.41 Å². The SMILES string of the molecule is CC1=C(C)C1(C)C(Cl)Cl. The topological polar surface area (TPSA) is 0 Å². The first kappa shape index (κ1) is 7.43. The van der Waals surface area contributed by atoms with Crippen LogP contribution in [0.5, 0.6) is 0 Å². The molecule has 0 saturated carbocycles. The molecule has 0 spiro atoms. The maximum absolute atomic E-state index is 5.73. The first-order chi connectivity index (χ1) is 4.01. The van der Waals surface area contributed by atoms with E-state index in [2.05, 4.69) is 20.8 Å². The normalized spacial score (nSPS) is 23.3. The molecule has 1 rings (SSSR count). The zero-order chi connectivity index (χ0) is 7.23. The Bertz CT molecular complexity index is 156. The van der Waals surface area contributed by atoms with Gasteiger partial charge in [0.2, 0.25) is 0 Å². The molecule has 0 aromatic rings. The summed E-state index contributed by atoms with van der Waals surface area (Å²) in [6.07, 6.45) is 0. The van der Waals surface area contributed by atoms with Crippen molar-refractivity contribution in [1.29, 1.82) is 0 Å². The van der Waals surface area contributed by atoms with Gasteiger partial charge in [-0.05, 0) is 20.8 Å². The fourth-order valence-electron chi connectivity index (χ4n) is 1.07. The summed E-state index contributed by atoms with van der Waals surface area (Å²) in [5, 5.41) is 0. The molecule has 0 aromatic carbocycles. The average molecular weight is 165 g/mol. The molecule has 52 valence electrons. The molecule has 0 fully saturated rings. The molecular formula is C7H10Cl2. The van der Waals surface area contributed by atoms with E-state index in [-0.39, 0.29) is 10.3 Å². The summed E-state index contributed by atoms with van der Waals surface area (Å²) >= 11 is 11.5. The van der Waals surface area contributed by atoms with Crippen molar-refractivity contribution < 1.29 is 0 Å². The third-order valence-corrected chi connectivity index (χ3v) is 3.37. The number of alkyl halides is 2. The average Bonchev–Trinajstić information content (AvgIpc) is 2.22. The van der Waals surface area contributed by atoms with Crippen LogP contribution in [-0.2, 0) is 0 Å². The zero-order valence-electron chi connectivity index (χ0n) is 5.83. The number of hydrogen-bond acceptors (Lipinski definition) is 0. The van der Waals surface area contributed by atoms with Gasteiger partial charge < -0.3 is 0 Å². The third-order valence-electron chi connectivity index (χ3n) is 2.49. The van der Waals surface area contributed by atoms with E-state index in [1.54, 1.807) is 0 Å². The van der Waals surface area contributed by atoms with Gasteiger partial charge >= 0.3 is 0 Å². The van der Waals surface area contributed by atoms with Crippen molar-refractivity contribution in [3.63, 3.8) is 0 Å². The van der Waals surface area contributed by atoms with Crippen molar-refractivity contribution in [2.24, 2.45) is 5.41 Å². The maximum Gasteiger partial charge on any atom is 0.120 e. The molecule has 0 nitrogen and oxygen atoms in total. The number of allylic oxidation sites excluding steroid dienone is 2. The van der Waals surface area contributed by atoms with Crippen molar-refractivity contribution >= 4 is 23.2 Å².